The molecule has 0 saturated heterocycles. The normalized spacial score (nSPS) is 13.6. The van der Waals surface area contributed by atoms with E-state index in [1.54, 1.807) is 18.1 Å². The molecule has 0 aliphatic carbocycles. The van der Waals surface area contributed by atoms with Gasteiger partial charge in [-0.3, -0.25) is 9.78 Å². The highest BCUT2D eigenvalue weighted by atomic mass is 31.0. The fourth-order valence-corrected chi connectivity index (χ4v) is 3.41. The SMILES string of the molecule is CN1Cc2cc3cc(Cc4ccc(P)cc4)cnc3c(O)c2C1=O. The number of hydrogen-bond acceptors (Lipinski definition) is 3. The van der Waals surface area contributed by atoms with E-state index in [0.29, 0.717) is 17.6 Å². The lowest BCUT2D eigenvalue weighted by atomic mass is 10.0. The van der Waals surface area contributed by atoms with Crippen LogP contribution < -0.4 is 5.30 Å². The van der Waals surface area contributed by atoms with Crippen molar-refractivity contribution in [1.82, 2.24) is 9.88 Å². The minimum Gasteiger partial charge on any atom is -0.505 e. The summed E-state index contributed by atoms with van der Waals surface area (Å²) in [4.78, 5) is 18.1. The summed E-state index contributed by atoms with van der Waals surface area (Å²) in [6.45, 7) is 0.525. The largest absolute Gasteiger partial charge is 0.505 e. The molecule has 4 rings (SSSR count). The molecule has 2 heterocycles. The molecule has 1 aliphatic rings. The summed E-state index contributed by atoms with van der Waals surface area (Å²) in [6, 6.07) is 12.3. The molecule has 1 N–H and O–H groups in total. The van der Waals surface area contributed by atoms with E-state index >= 15 is 0 Å². The van der Waals surface area contributed by atoms with Gasteiger partial charge in [0.25, 0.3) is 5.91 Å². The number of benzene rings is 2. The molecule has 1 aromatic heterocycles. The maximum absolute atomic E-state index is 12.1. The van der Waals surface area contributed by atoms with Crippen molar-refractivity contribution in [3.05, 3.63) is 64.8 Å². The van der Waals surface area contributed by atoms with Crippen molar-refractivity contribution in [2.24, 2.45) is 0 Å². The lowest BCUT2D eigenvalue weighted by Gasteiger charge is -2.08. The number of amides is 1. The number of aromatic nitrogens is 1. The summed E-state index contributed by atoms with van der Waals surface area (Å²) >= 11 is 0. The fraction of sp³-hybridized carbons (Fsp3) is 0.158. The molecule has 1 atom stereocenters. The lowest BCUT2D eigenvalue weighted by Crippen LogP contribution is -2.17. The Morgan fingerprint density at radius 2 is 1.96 bits per heavy atom. The van der Waals surface area contributed by atoms with Gasteiger partial charge >= 0.3 is 0 Å². The molecule has 0 bridgehead atoms. The molecule has 1 aliphatic heterocycles. The second kappa shape index (κ2) is 5.57. The third kappa shape index (κ3) is 2.44. The molecule has 0 fully saturated rings. The highest BCUT2D eigenvalue weighted by Crippen LogP contribution is 2.35. The molecular formula is C19H17N2O2P. The number of carbonyl (C=O) groups is 1. The Morgan fingerprint density at radius 1 is 1.21 bits per heavy atom. The maximum atomic E-state index is 12.1. The van der Waals surface area contributed by atoms with Gasteiger partial charge in [-0.2, -0.15) is 0 Å². The summed E-state index contributed by atoms with van der Waals surface area (Å²) in [7, 11) is 4.42. The molecule has 3 aromatic rings. The number of pyridine rings is 1. The summed E-state index contributed by atoms with van der Waals surface area (Å²) in [5, 5.41) is 12.5. The van der Waals surface area contributed by atoms with Crippen molar-refractivity contribution < 1.29 is 9.90 Å². The van der Waals surface area contributed by atoms with Gasteiger partial charge in [0.2, 0.25) is 0 Å². The number of phenols is 1. The molecule has 1 unspecified atom stereocenters. The number of nitrogens with zero attached hydrogens (tertiary/aromatic N) is 2. The Labute approximate surface area is 142 Å². The summed E-state index contributed by atoms with van der Waals surface area (Å²) in [5.74, 6) is -0.149. The molecular weight excluding hydrogens is 319 g/mol. The van der Waals surface area contributed by atoms with Crippen LogP contribution in [0.3, 0.4) is 0 Å². The Hall–Kier alpha value is -2.45. The summed E-state index contributed by atoms with van der Waals surface area (Å²) in [5.41, 5.74) is 4.03. The van der Waals surface area contributed by atoms with Gasteiger partial charge in [0.1, 0.15) is 5.52 Å². The second-order valence-corrected chi connectivity index (χ2v) is 6.92. The number of aromatic hydroxyl groups is 1. The zero-order chi connectivity index (χ0) is 16.8. The van der Waals surface area contributed by atoms with E-state index in [2.05, 4.69) is 38.5 Å². The third-order valence-electron chi connectivity index (χ3n) is 4.44. The smallest absolute Gasteiger partial charge is 0.258 e. The number of carbonyl (C=O) groups excluding carboxylic acids is 1. The number of fused-ring (bicyclic) bond motifs is 2. The minimum absolute atomic E-state index is 0.00393. The first-order chi connectivity index (χ1) is 11.5. The van der Waals surface area contributed by atoms with E-state index in [4.69, 9.17) is 0 Å². The maximum Gasteiger partial charge on any atom is 0.258 e. The van der Waals surface area contributed by atoms with Crippen LogP contribution in [0.1, 0.15) is 27.0 Å². The van der Waals surface area contributed by atoms with Crippen LogP contribution in [0, 0.1) is 0 Å². The minimum atomic E-state index is -0.146. The van der Waals surface area contributed by atoms with Crippen molar-refractivity contribution in [3.8, 4) is 5.75 Å². The molecule has 2 aromatic carbocycles. The summed E-state index contributed by atoms with van der Waals surface area (Å²) in [6.07, 6.45) is 2.55. The molecule has 1 amide bonds. The standard InChI is InChI=1S/C19H17N2O2P/c1-21-10-14-8-13-7-12(6-11-2-4-15(24)5-3-11)9-20-17(13)18(22)16(14)19(21)23/h2-5,7-9,22H,6,10,24H2,1H3. The molecule has 0 saturated carbocycles. The Bertz CT molecular complexity index is 967. The molecule has 24 heavy (non-hydrogen) atoms. The third-order valence-corrected chi connectivity index (χ3v) is 4.83. The number of phenolic OH excluding ortho intramolecular Hbond substituents is 1. The van der Waals surface area contributed by atoms with Crippen molar-refractivity contribution in [1.29, 1.82) is 0 Å². The Morgan fingerprint density at radius 3 is 2.71 bits per heavy atom. The van der Waals surface area contributed by atoms with Gasteiger partial charge in [-0.25, -0.2) is 0 Å². The summed E-state index contributed by atoms with van der Waals surface area (Å²) < 4.78 is 0. The lowest BCUT2D eigenvalue weighted by molar-refractivity contribution is 0.0814. The monoisotopic (exact) mass is 336 g/mol. The molecule has 4 nitrogen and oxygen atoms in total. The number of hydrogen-bond donors (Lipinski definition) is 1. The van der Waals surface area contributed by atoms with E-state index in [1.807, 2.05) is 12.1 Å². The van der Waals surface area contributed by atoms with Crippen LogP contribution in [0.5, 0.6) is 5.75 Å². The highest BCUT2D eigenvalue weighted by Gasteiger charge is 2.29. The van der Waals surface area contributed by atoms with Crippen molar-refractivity contribution in [2.75, 3.05) is 7.05 Å². The average Bonchev–Trinajstić information content (AvgIpc) is 2.84. The Balaban J connectivity index is 1.76. The van der Waals surface area contributed by atoms with E-state index in [0.717, 1.165) is 28.2 Å². The van der Waals surface area contributed by atoms with Crippen LogP contribution in [-0.2, 0) is 13.0 Å². The van der Waals surface area contributed by atoms with Gasteiger partial charge in [0, 0.05) is 25.2 Å². The van der Waals surface area contributed by atoms with Gasteiger partial charge in [-0.05, 0) is 40.5 Å². The first-order valence-corrected chi connectivity index (χ1v) is 8.34. The first kappa shape index (κ1) is 15.1. The van der Waals surface area contributed by atoms with Crippen LogP contribution in [0.15, 0.2) is 42.6 Å². The van der Waals surface area contributed by atoms with Gasteiger partial charge in [-0.15, -0.1) is 9.24 Å². The molecule has 120 valence electrons. The number of rotatable bonds is 2. The van der Waals surface area contributed by atoms with Crippen molar-refractivity contribution in [3.63, 3.8) is 0 Å². The van der Waals surface area contributed by atoms with Gasteiger partial charge in [0.15, 0.2) is 5.75 Å². The predicted octanol–water partition coefficient (Wildman–Crippen LogP) is 2.62. The zero-order valence-corrected chi connectivity index (χ0v) is 14.4. The first-order valence-electron chi connectivity index (χ1n) is 7.76. The molecule has 5 heteroatoms. The average molecular weight is 336 g/mol. The van der Waals surface area contributed by atoms with E-state index < -0.39 is 0 Å². The quantitative estimate of drug-likeness (QED) is 0.732. The van der Waals surface area contributed by atoms with Gasteiger partial charge in [-0.1, -0.05) is 24.3 Å². The highest BCUT2D eigenvalue weighted by molar-refractivity contribution is 7.27. The topological polar surface area (TPSA) is 53.4 Å². The van der Waals surface area contributed by atoms with Crippen LogP contribution in [0.25, 0.3) is 10.9 Å². The predicted molar refractivity (Wildman–Crippen MR) is 97.8 cm³/mol. The van der Waals surface area contributed by atoms with Crippen molar-refractivity contribution >= 4 is 31.4 Å². The van der Waals surface area contributed by atoms with Crippen LogP contribution in [0.2, 0.25) is 0 Å². The van der Waals surface area contributed by atoms with E-state index in [9.17, 15) is 9.90 Å². The van der Waals surface area contributed by atoms with Crippen molar-refractivity contribution in [2.45, 2.75) is 13.0 Å². The second-order valence-electron chi connectivity index (χ2n) is 6.25. The van der Waals surface area contributed by atoms with E-state index in [-0.39, 0.29) is 11.7 Å². The molecule has 0 radical (unpaired) electrons. The van der Waals surface area contributed by atoms with E-state index in [1.165, 1.54) is 5.56 Å². The van der Waals surface area contributed by atoms with Gasteiger partial charge < -0.3 is 10.0 Å². The van der Waals surface area contributed by atoms with Gasteiger partial charge in [0.05, 0.1) is 5.56 Å². The van der Waals surface area contributed by atoms with Crippen LogP contribution in [0.4, 0.5) is 0 Å². The van der Waals surface area contributed by atoms with Crippen LogP contribution >= 0.6 is 9.24 Å². The molecule has 0 spiro atoms. The van der Waals surface area contributed by atoms with Crippen LogP contribution in [-0.4, -0.2) is 27.9 Å². The fourth-order valence-electron chi connectivity index (χ4n) is 3.21. The Kier molecular flexibility index (Phi) is 3.50. The zero-order valence-electron chi connectivity index (χ0n) is 13.3.